The van der Waals surface area contributed by atoms with Crippen molar-refractivity contribution in [1.82, 2.24) is 4.31 Å². The zero-order chi connectivity index (χ0) is 15.2. The zero-order valence-electron chi connectivity index (χ0n) is 11.7. The number of rotatable bonds is 8. The Morgan fingerprint density at radius 3 is 2.45 bits per heavy atom. The fourth-order valence-corrected chi connectivity index (χ4v) is 3.09. The normalized spacial score (nSPS) is 11.8. The van der Waals surface area contributed by atoms with E-state index in [2.05, 4.69) is 0 Å². The number of benzene rings is 1. The zero-order valence-corrected chi connectivity index (χ0v) is 13.3. The fourth-order valence-electron chi connectivity index (χ4n) is 1.71. The molecule has 0 aliphatic heterocycles. The highest BCUT2D eigenvalue weighted by Crippen LogP contribution is 2.15. The first-order valence-electron chi connectivity index (χ1n) is 6.20. The van der Waals surface area contributed by atoms with Crippen LogP contribution in [0.5, 0.6) is 0 Å². The van der Waals surface area contributed by atoms with Crippen molar-refractivity contribution in [2.24, 2.45) is 5.73 Å². The van der Waals surface area contributed by atoms with E-state index in [1.54, 1.807) is 38.4 Å². The third-order valence-electron chi connectivity index (χ3n) is 2.83. The molecule has 0 unspecified atom stereocenters. The summed E-state index contributed by atoms with van der Waals surface area (Å²) < 4.78 is 30.8. The van der Waals surface area contributed by atoms with Crippen LogP contribution in [0, 0.1) is 0 Å². The van der Waals surface area contributed by atoms with Gasteiger partial charge in [0.25, 0.3) is 0 Å². The molecule has 5 nitrogen and oxygen atoms in total. The molecule has 0 aliphatic rings. The number of nitrogens with two attached hydrogens (primary N) is 1. The quantitative estimate of drug-likeness (QED) is 0.576. The smallest absolute Gasteiger partial charge is 0.242 e. The van der Waals surface area contributed by atoms with Gasteiger partial charge in [0.1, 0.15) is 0 Å². The number of sulfonamides is 1. The molecule has 1 aromatic carbocycles. The van der Waals surface area contributed by atoms with Crippen molar-refractivity contribution < 1.29 is 13.2 Å². The molecule has 0 heterocycles. The van der Waals surface area contributed by atoms with Gasteiger partial charge in [-0.25, -0.2) is 12.7 Å². The standard InChI is InChI=1S/C13H20N2O3S2/c1-15(8-3-9-18-2)20(16,17)12-6-4-11(5-7-12)10-13(14)19/h4-7H,3,8-10H2,1-2H3,(H2,14,19). The predicted octanol–water partition coefficient (Wildman–Crippen LogP) is 1.17. The molecule has 1 aromatic rings. The van der Waals surface area contributed by atoms with Crippen molar-refractivity contribution in [2.45, 2.75) is 17.7 Å². The molecule has 0 saturated carbocycles. The lowest BCUT2D eigenvalue weighted by molar-refractivity contribution is 0.189. The molecular formula is C13H20N2O3S2. The van der Waals surface area contributed by atoms with Crippen LogP contribution in [0.25, 0.3) is 0 Å². The lowest BCUT2D eigenvalue weighted by Crippen LogP contribution is -2.28. The van der Waals surface area contributed by atoms with Crippen LogP contribution < -0.4 is 5.73 Å². The van der Waals surface area contributed by atoms with E-state index >= 15 is 0 Å². The highest BCUT2D eigenvalue weighted by molar-refractivity contribution is 7.89. The van der Waals surface area contributed by atoms with Crippen LogP contribution in [0.1, 0.15) is 12.0 Å². The first-order chi connectivity index (χ1) is 9.37. The van der Waals surface area contributed by atoms with Gasteiger partial charge in [-0.1, -0.05) is 24.4 Å². The summed E-state index contributed by atoms with van der Waals surface area (Å²) in [6, 6.07) is 6.62. The Kier molecular flexibility index (Phi) is 6.54. The molecule has 0 spiro atoms. The van der Waals surface area contributed by atoms with E-state index in [-0.39, 0.29) is 4.90 Å². The van der Waals surface area contributed by atoms with E-state index in [9.17, 15) is 8.42 Å². The van der Waals surface area contributed by atoms with Crippen LogP contribution in [0.15, 0.2) is 29.2 Å². The molecule has 0 radical (unpaired) electrons. The first kappa shape index (κ1) is 17.0. The minimum atomic E-state index is -3.45. The van der Waals surface area contributed by atoms with Gasteiger partial charge in [-0.2, -0.15) is 0 Å². The van der Waals surface area contributed by atoms with Crippen LogP contribution in [0.2, 0.25) is 0 Å². The van der Waals surface area contributed by atoms with Gasteiger partial charge in [-0.05, 0) is 24.1 Å². The Labute approximate surface area is 125 Å². The maximum absolute atomic E-state index is 12.3. The summed E-state index contributed by atoms with van der Waals surface area (Å²) in [7, 11) is -0.295. The number of thiocarbonyl (C=S) groups is 1. The molecule has 0 aromatic heterocycles. The Bertz CT molecular complexity index is 541. The second-order valence-corrected chi connectivity index (χ2v) is 7.03. The molecule has 2 N–H and O–H groups in total. The van der Waals surface area contributed by atoms with Gasteiger partial charge < -0.3 is 10.5 Å². The van der Waals surface area contributed by atoms with E-state index < -0.39 is 10.0 Å². The van der Waals surface area contributed by atoms with Gasteiger partial charge >= 0.3 is 0 Å². The molecule has 20 heavy (non-hydrogen) atoms. The van der Waals surface area contributed by atoms with E-state index in [1.165, 1.54) is 4.31 Å². The number of methoxy groups -OCH3 is 1. The van der Waals surface area contributed by atoms with E-state index in [0.29, 0.717) is 31.0 Å². The van der Waals surface area contributed by atoms with E-state index in [1.807, 2.05) is 0 Å². The van der Waals surface area contributed by atoms with Gasteiger partial charge in [0.2, 0.25) is 10.0 Å². The molecule has 112 valence electrons. The molecule has 0 aliphatic carbocycles. The first-order valence-corrected chi connectivity index (χ1v) is 8.05. The van der Waals surface area contributed by atoms with E-state index in [4.69, 9.17) is 22.7 Å². The Morgan fingerprint density at radius 1 is 1.35 bits per heavy atom. The second kappa shape index (κ2) is 7.68. The summed E-state index contributed by atoms with van der Waals surface area (Å²) in [4.78, 5) is 0.654. The van der Waals surface area contributed by atoms with Gasteiger partial charge in [0, 0.05) is 33.7 Å². The molecule has 1 rings (SSSR count). The summed E-state index contributed by atoms with van der Waals surface area (Å²) in [5.41, 5.74) is 6.36. The van der Waals surface area contributed by atoms with Crippen LogP contribution >= 0.6 is 12.2 Å². The fraction of sp³-hybridized carbons (Fsp3) is 0.462. The van der Waals surface area contributed by atoms with Gasteiger partial charge in [0.05, 0.1) is 9.88 Å². The second-order valence-electron chi connectivity index (χ2n) is 4.46. The number of hydrogen-bond donors (Lipinski definition) is 1. The third-order valence-corrected chi connectivity index (χ3v) is 4.85. The van der Waals surface area contributed by atoms with Gasteiger partial charge in [-0.3, -0.25) is 0 Å². The molecular weight excluding hydrogens is 296 g/mol. The van der Waals surface area contributed by atoms with Crippen molar-refractivity contribution in [2.75, 3.05) is 27.3 Å². The summed E-state index contributed by atoms with van der Waals surface area (Å²) in [6.07, 6.45) is 1.13. The summed E-state index contributed by atoms with van der Waals surface area (Å²) >= 11 is 4.82. The van der Waals surface area contributed by atoms with Crippen LogP contribution in [-0.4, -0.2) is 45.0 Å². The summed E-state index contributed by atoms with van der Waals surface area (Å²) in [6.45, 7) is 0.956. The number of hydrogen-bond acceptors (Lipinski definition) is 4. The van der Waals surface area contributed by atoms with Crippen molar-refractivity contribution in [3.8, 4) is 0 Å². The molecule has 7 heteroatoms. The van der Waals surface area contributed by atoms with Crippen molar-refractivity contribution in [3.05, 3.63) is 29.8 Å². The van der Waals surface area contributed by atoms with Crippen molar-refractivity contribution >= 4 is 27.2 Å². The highest BCUT2D eigenvalue weighted by atomic mass is 32.2. The Hall–Kier alpha value is -1.02. The van der Waals surface area contributed by atoms with E-state index in [0.717, 1.165) is 5.56 Å². The number of ether oxygens (including phenoxy) is 1. The van der Waals surface area contributed by atoms with Gasteiger partial charge in [-0.15, -0.1) is 0 Å². The Balaban J connectivity index is 2.79. The molecule has 0 atom stereocenters. The van der Waals surface area contributed by atoms with Crippen molar-refractivity contribution in [3.63, 3.8) is 0 Å². The van der Waals surface area contributed by atoms with Crippen LogP contribution in [0.3, 0.4) is 0 Å². The average molecular weight is 316 g/mol. The third kappa shape index (κ3) is 4.82. The largest absolute Gasteiger partial charge is 0.393 e. The SMILES string of the molecule is COCCCN(C)S(=O)(=O)c1ccc(CC(N)=S)cc1. The topological polar surface area (TPSA) is 72.6 Å². The summed E-state index contributed by atoms with van der Waals surface area (Å²) in [5.74, 6) is 0. The predicted molar refractivity (Wildman–Crippen MR) is 83.2 cm³/mol. The lowest BCUT2D eigenvalue weighted by Gasteiger charge is -2.17. The minimum Gasteiger partial charge on any atom is -0.393 e. The van der Waals surface area contributed by atoms with Crippen LogP contribution in [0.4, 0.5) is 0 Å². The minimum absolute atomic E-state index is 0.268. The van der Waals surface area contributed by atoms with Crippen LogP contribution in [-0.2, 0) is 21.2 Å². The average Bonchev–Trinajstić information content (AvgIpc) is 2.38. The maximum Gasteiger partial charge on any atom is 0.242 e. The maximum atomic E-state index is 12.3. The Morgan fingerprint density at radius 2 is 1.95 bits per heavy atom. The van der Waals surface area contributed by atoms with Gasteiger partial charge in [0.15, 0.2) is 0 Å². The molecule has 0 bridgehead atoms. The monoisotopic (exact) mass is 316 g/mol. The molecule has 0 fully saturated rings. The number of nitrogens with zero attached hydrogens (tertiary/aromatic N) is 1. The summed E-state index contributed by atoms with van der Waals surface area (Å²) in [5, 5.41) is 0. The highest BCUT2D eigenvalue weighted by Gasteiger charge is 2.19. The lowest BCUT2D eigenvalue weighted by atomic mass is 10.1. The van der Waals surface area contributed by atoms with Crippen molar-refractivity contribution in [1.29, 1.82) is 0 Å². The molecule has 0 saturated heterocycles. The molecule has 0 amide bonds.